The number of ether oxygens (including phenoxy) is 2. The largest absolute Gasteiger partial charge is 0.422 e. The van der Waals surface area contributed by atoms with E-state index in [1.54, 1.807) is 12.1 Å². The molecule has 7 heteroatoms. The minimum Gasteiger partial charge on any atom is -0.422 e. The summed E-state index contributed by atoms with van der Waals surface area (Å²) in [5.74, 6) is -0.706. The van der Waals surface area contributed by atoms with Crippen LogP contribution in [-0.2, 0) is 9.59 Å². The summed E-state index contributed by atoms with van der Waals surface area (Å²) >= 11 is 0. The van der Waals surface area contributed by atoms with Gasteiger partial charge in [-0.25, -0.2) is 4.98 Å². The van der Waals surface area contributed by atoms with Crippen LogP contribution in [0.3, 0.4) is 0 Å². The monoisotopic (exact) mass is 398 g/mol. The van der Waals surface area contributed by atoms with Gasteiger partial charge in [-0.3, -0.25) is 19.0 Å². The fourth-order valence-corrected chi connectivity index (χ4v) is 3.15. The lowest BCUT2D eigenvalue weighted by atomic mass is 10.1. The number of carbonyl (C=O) groups excluding carboxylic acids is 3. The Bertz CT molecular complexity index is 1100. The first-order valence-electron chi connectivity index (χ1n) is 9.57. The van der Waals surface area contributed by atoms with Crippen molar-refractivity contribution in [2.75, 3.05) is 0 Å². The van der Waals surface area contributed by atoms with E-state index in [0.29, 0.717) is 27.6 Å². The van der Waals surface area contributed by atoms with Gasteiger partial charge in [0.25, 0.3) is 0 Å². The molecule has 1 heterocycles. The highest BCUT2D eigenvalue weighted by atomic mass is 16.6. The van der Waals surface area contributed by atoms with E-state index < -0.39 is 11.9 Å². The maximum atomic E-state index is 12.4. The van der Waals surface area contributed by atoms with Gasteiger partial charge in [0, 0.05) is 37.5 Å². The molecule has 154 valence electrons. The third-order valence-electron chi connectivity index (χ3n) is 4.07. The van der Waals surface area contributed by atoms with Crippen LogP contribution in [0.15, 0.2) is 24.3 Å². The van der Waals surface area contributed by atoms with E-state index >= 15 is 0 Å². The zero-order valence-corrected chi connectivity index (χ0v) is 17.8. The number of esters is 2. The van der Waals surface area contributed by atoms with Gasteiger partial charge in [-0.05, 0) is 0 Å². The van der Waals surface area contributed by atoms with E-state index in [0.717, 1.165) is 0 Å². The lowest BCUT2D eigenvalue weighted by molar-refractivity contribution is -0.134. The zero-order valence-electron chi connectivity index (χ0n) is 17.8. The molecule has 0 bridgehead atoms. The Kier molecular flexibility index (Phi) is 6.74. The lowest BCUT2D eigenvalue weighted by Crippen LogP contribution is -2.12. The number of hydrogen-bond acceptors (Lipinski definition) is 6. The van der Waals surface area contributed by atoms with Gasteiger partial charge in [0.15, 0.2) is 5.75 Å². The van der Waals surface area contributed by atoms with E-state index in [-0.39, 0.29) is 23.3 Å². The van der Waals surface area contributed by atoms with Crippen molar-refractivity contribution in [3.8, 4) is 11.5 Å². The Morgan fingerprint density at radius 1 is 0.897 bits per heavy atom. The topological polar surface area (TPSA) is 87.5 Å². The number of nitrogens with zero attached hydrogens (tertiary/aromatic N) is 2. The summed E-state index contributed by atoms with van der Waals surface area (Å²) in [7, 11) is 0. The molecule has 0 aliphatic carbocycles. The number of imidazole rings is 1. The number of aromatic nitrogens is 2. The smallest absolute Gasteiger partial charge is 0.308 e. The van der Waals surface area contributed by atoms with Crippen molar-refractivity contribution in [2.45, 2.75) is 54.4 Å². The van der Waals surface area contributed by atoms with Gasteiger partial charge in [-0.1, -0.05) is 52.0 Å². The Balaban J connectivity index is 0.00000145. The highest BCUT2D eigenvalue weighted by Crippen LogP contribution is 2.44. The van der Waals surface area contributed by atoms with Crippen LogP contribution in [0.4, 0.5) is 0 Å². The second-order valence-corrected chi connectivity index (χ2v) is 6.57. The summed E-state index contributed by atoms with van der Waals surface area (Å²) in [5.41, 5.74) is 0.827. The Morgan fingerprint density at radius 3 is 1.90 bits per heavy atom. The molecule has 29 heavy (non-hydrogen) atoms. The van der Waals surface area contributed by atoms with Crippen molar-refractivity contribution < 1.29 is 23.9 Å². The average Bonchev–Trinajstić information content (AvgIpc) is 3.07. The number of hydrogen-bond donors (Lipinski definition) is 0. The molecule has 0 N–H and O–H groups in total. The summed E-state index contributed by atoms with van der Waals surface area (Å²) in [4.78, 5) is 40.4. The number of benzene rings is 2. The minimum atomic E-state index is -0.580. The molecule has 7 nitrogen and oxygen atoms in total. The van der Waals surface area contributed by atoms with Gasteiger partial charge in [-0.15, -0.1) is 0 Å². The van der Waals surface area contributed by atoms with Crippen LogP contribution >= 0.6 is 0 Å². The van der Waals surface area contributed by atoms with Crippen LogP contribution in [-0.4, -0.2) is 27.4 Å². The van der Waals surface area contributed by atoms with Crippen molar-refractivity contribution in [3.63, 3.8) is 0 Å². The van der Waals surface area contributed by atoms with E-state index in [1.165, 1.54) is 25.3 Å². The van der Waals surface area contributed by atoms with Crippen molar-refractivity contribution in [2.24, 2.45) is 0 Å². The zero-order chi connectivity index (χ0) is 21.9. The molecule has 3 aromatic rings. The van der Waals surface area contributed by atoms with Crippen LogP contribution in [0, 0.1) is 0 Å². The molecule has 2 aromatic carbocycles. The second kappa shape index (κ2) is 8.86. The number of carbonyl (C=O) groups is 3. The van der Waals surface area contributed by atoms with E-state index in [2.05, 4.69) is 4.98 Å². The van der Waals surface area contributed by atoms with Crippen molar-refractivity contribution in [3.05, 3.63) is 30.1 Å². The van der Waals surface area contributed by atoms with Crippen molar-refractivity contribution in [1.82, 2.24) is 9.55 Å². The normalized spacial score (nSPS) is 10.6. The second-order valence-electron chi connectivity index (χ2n) is 6.57. The molecule has 0 aliphatic rings. The lowest BCUT2D eigenvalue weighted by Gasteiger charge is -2.14. The van der Waals surface area contributed by atoms with E-state index in [1.807, 2.05) is 39.8 Å². The molecular weight excluding hydrogens is 372 g/mol. The molecule has 0 unspecified atom stereocenters. The fourth-order valence-electron chi connectivity index (χ4n) is 3.15. The maximum Gasteiger partial charge on any atom is 0.308 e. The predicted octanol–water partition coefficient (Wildman–Crippen LogP) is 4.85. The molecule has 0 atom stereocenters. The van der Waals surface area contributed by atoms with E-state index in [9.17, 15) is 14.4 Å². The molecule has 3 rings (SSSR count). The Labute approximate surface area is 169 Å². The van der Waals surface area contributed by atoms with Gasteiger partial charge in [0.1, 0.15) is 11.3 Å². The molecule has 0 amide bonds. The highest BCUT2D eigenvalue weighted by Gasteiger charge is 2.27. The molecule has 0 spiro atoms. The van der Waals surface area contributed by atoms with Crippen LogP contribution in [0.2, 0.25) is 0 Å². The summed E-state index contributed by atoms with van der Waals surface area (Å²) < 4.78 is 12.3. The third kappa shape index (κ3) is 4.13. The first-order chi connectivity index (χ1) is 13.7. The van der Waals surface area contributed by atoms with E-state index in [4.69, 9.17) is 9.47 Å². The molecular formula is C22H26N2O5. The molecule has 0 radical (unpaired) electrons. The van der Waals surface area contributed by atoms with Crippen LogP contribution in [0.25, 0.3) is 21.8 Å². The fraction of sp³-hybridized carbons (Fsp3) is 0.364. The third-order valence-corrected chi connectivity index (χ3v) is 4.07. The quantitative estimate of drug-likeness (QED) is 0.463. The maximum absolute atomic E-state index is 12.4. The molecule has 0 aliphatic heterocycles. The molecule has 0 fully saturated rings. The summed E-state index contributed by atoms with van der Waals surface area (Å²) in [5, 5.41) is 1.23. The Morgan fingerprint density at radius 2 is 1.41 bits per heavy atom. The average molecular weight is 398 g/mol. The molecule has 0 saturated carbocycles. The van der Waals surface area contributed by atoms with Gasteiger partial charge < -0.3 is 9.47 Å². The first-order valence-corrected chi connectivity index (χ1v) is 9.57. The molecule has 0 saturated heterocycles. The van der Waals surface area contributed by atoms with Crippen molar-refractivity contribution in [1.29, 1.82) is 0 Å². The molecule has 1 aromatic heterocycles. The van der Waals surface area contributed by atoms with Crippen LogP contribution < -0.4 is 9.47 Å². The minimum absolute atomic E-state index is 0.0355. The Hall–Kier alpha value is -3.22. The van der Waals surface area contributed by atoms with Gasteiger partial charge in [-0.2, -0.15) is 0 Å². The SMILES string of the molecule is CC.CC(=O)Oc1c(OC(C)=O)c2nc(C(C)C)n(C(C)=O)c2c2ccccc12. The van der Waals surface area contributed by atoms with Gasteiger partial charge in [0.05, 0.1) is 5.52 Å². The van der Waals surface area contributed by atoms with Crippen LogP contribution in [0.5, 0.6) is 11.5 Å². The predicted molar refractivity (Wildman–Crippen MR) is 112 cm³/mol. The number of fused-ring (bicyclic) bond motifs is 3. The van der Waals surface area contributed by atoms with Crippen molar-refractivity contribution >= 4 is 39.7 Å². The van der Waals surface area contributed by atoms with Gasteiger partial charge >= 0.3 is 11.9 Å². The highest BCUT2D eigenvalue weighted by molar-refractivity contribution is 6.14. The first kappa shape index (κ1) is 22.1. The standard InChI is InChI=1S/C20H20N2O5.C2H6/c1-10(2)20-21-16-17(22(20)11(3)23)14-8-6-7-9-15(14)18(26-12(4)24)19(16)27-13(5)25;1-2/h6-10H,1-5H3;1-2H3. The van der Waals surface area contributed by atoms with Gasteiger partial charge in [0.2, 0.25) is 11.7 Å². The summed E-state index contributed by atoms with van der Waals surface area (Å²) in [6.45, 7) is 11.8. The summed E-state index contributed by atoms with van der Waals surface area (Å²) in [6, 6.07) is 7.15. The van der Waals surface area contributed by atoms with Crippen LogP contribution in [0.1, 0.15) is 65.0 Å². The number of rotatable bonds is 3. The summed E-state index contributed by atoms with van der Waals surface area (Å²) in [6.07, 6.45) is 0.